The molecule has 0 saturated heterocycles. The van der Waals surface area contributed by atoms with Crippen LogP contribution in [0.4, 0.5) is 11.4 Å². The van der Waals surface area contributed by atoms with Crippen molar-refractivity contribution in [3.05, 3.63) is 41.2 Å². The van der Waals surface area contributed by atoms with Crippen LogP contribution in [0.3, 0.4) is 0 Å². The number of hydrogen-bond donors (Lipinski definition) is 2. The average molecular weight is 308 g/mol. The summed E-state index contributed by atoms with van der Waals surface area (Å²) >= 11 is 5.82. The lowest BCUT2D eigenvalue weighted by Crippen LogP contribution is -2.30. The van der Waals surface area contributed by atoms with Gasteiger partial charge in [-0.1, -0.05) is 11.6 Å². The van der Waals surface area contributed by atoms with E-state index in [9.17, 15) is 4.79 Å². The first-order valence-electron chi connectivity index (χ1n) is 6.45. The Morgan fingerprint density at radius 2 is 2.29 bits per heavy atom. The highest BCUT2D eigenvalue weighted by Crippen LogP contribution is 2.22. The highest BCUT2D eigenvalue weighted by atomic mass is 35.5. The van der Waals surface area contributed by atoms with Gasteiger partial charge in [0.05, 0.1) is 24.1 Å². The summed E-state index contributed by atoms with van der Waals surface area (Å²) < 4.78 is 1.73. The highest BCUT2D eigenvalue weighted by molar-refractivity contribution is 6.31. The van der Waals surface area contributed by atoms with Gasteiger partial charge in [0.2, 0.25) is 5.91 Å². The van der Waals surface area contributed by atoms with Crippen molar-refractivity contribution >= 4 is 28.9 Å². The van der Waals surface area contributed by atoms with E-state index in [0.29, 0.717) is 22.9 Å². The first-order valence-corrected chi connectivity index (χ1v) is 6.83. The summed E-state index contributed by atoms with van der Waals surface area (Å²) in [6.45, 7) is 0.911. The number of nitrogens with zero attached hydrogens (tertiary/aromatic N) is 3. The number of likely N-dealkylation sites (N-methyl/N-ethyl adjacent to an activating group) is 1. The molecule has 0 saturated carbocycles. The molecule has 6 nitrogen and oxygen atoms in total. The lowest BCUT2D eigenvalue weighted by molar-refractivity contribution is -0.117. The molecule has 0 aliphatic carbocycles. The van der Waals surface area contributed by atoms with Crippen LogP contribution < -0.4 is 11.1 Å². The summed E-state index contributed by atoms with van der Waals surface area (Å²) in [7, 11) is 3.73. The molecule has 1 heterocycles. The molecule has 7 heteroatoms. The van der Waals surface area contributed by atoms with Gasteiger partial charge in [-0.3, -0.25) is 14.4 Å². The van der Waals surface area contributed by atoms with Crippen LogP contribution >= 0.6 is 11.6 Å². The zero-order valence-corrected chi connectivity index (χ0v) is 12.8. The van der Waals surface area contributed by atoms with Gasteiger partial charge >= 0.3 is 0 Å². The van der Waals surface area contributed by atoms with Gasteiger partial charge in [0.25, 0.3) is 0 Å². The number of halogens is 1. The summed E-state index contributed by atoms with van der Waals surface area (Å²) in [5, 5.41) is 7.41. The molecule has 0 aliphatic heterocycles. The van der Waals surface area contributed by atoms with Crippen molar-refractivity contribution < 1.29 is 4.79 Å². The molecule has 0 aliphatic rings. The summed E-state index contributed by atoms with van der Waals surface area (Å²) in [5.41, 5.74) is 7.88. The molecule has 21 heavy (non-hydrogen) atoms. The van der Waals surface area contributed by atoms with Crippen molar-refractivity contribution in [2.75, 3.05) is 24.6 Å². The third kappa shape index (κ3) is 4.47. The largest absolute Gasteiger partial charge is 0.397 e. The second-order valence-corrected chi connectivity index (χ2v) is 5.41. The maximum absolute atomic E-state index is 12.0. The summed E-state index contributed by atoms with van der Waals surface area (Å²) in [5.74, 6) is -0.129. The van der Waals surface area contributed by atoms with Crippen molar-refractivity contribution in [1.82, 2.24) is 14.7 Å². The van der Waals surface area contributed by atoms with Crippen LogP contribution in [0, 0.1) is 0 Å². The maximum Gasteiger partial charge on any atom is 0.238 e. The Labute approximate surface area is 128 Å². The summed E-state index contributed by atoms with van der Waals surface area (Å²) in [6.07, 6.45) is 3.71. The zero-order chi connectivity index (χ0) is 15.4. The SMILES string of the molecule is CN(CC(=O)Nc1ccc(Cl)cc1N)Cc1cnn(C)c1. The van der Waals surface area contributed by atoms with Crippen molar-refractivity contribution in [1.29, 1.82) is 0 Å². The van der Waals surface area contributed by atoms with Gasteiger partial charge in [-0.15, -0.1) is 0 Å². The molecule has 3 N–H and O–H groups in total. The van der Waals surface area contributed by atoms with E-state index in [4.69, 9.17) is 17.3 Å². The van der Waals surface area contributed by atoms with Crippen LogP contribution in [0.2, 0.25) is 5.02 Å². The number of aromatic nitrogens is 2. The van der Waals surface area contributed by atoms with Crippen molar-refractivity contribution in [2.45, 2.75) is 6.54 Å². The number of aryl methyl sites for hydroxylation is 1. The number of amides is 1. The van der Waals surface area contributed by atoms with E-state index in [1.807, 2.05) is 25.2 Å². The normalized spacial score (nSPS) is 10.9. The van der Waals surface area contributed by atoms with E-state index in [1.54, 1.807) is 29.1 Å². The van der Waals surface area contributed by atoms with E-state index in [0.717, 1.165) is 5.56 Å². The molecule has 1 aromatic heterocycles. The van der Waals surface area contributed by atoms with Crippen molar-refractivity contribution in [2.24, 2.45) is 7.05 Å². The van der Waals surface area contributed by atoms with Crippen molar-refractivity contribution in [3.63, 3.8) is 0 Å². The first kappa shape index (κ1) is 15.3. The summed E-state index contributed by atoms with van der Waals surface area (Å²) in [6, 6.07) is 4.99. The Morgan fingerprint density at radius 3 is 2.90 bits per heavy atom. The molecule has 0 unspecified atom stereocenters. The number of anilines is 2. The lowest BCUT2D eigenvalue weighted by atomic mass is 10.2. The number of rotatable bonds is 5. The average Bonchev–Trinajstić information content (AvgIpc) is 2.78. The van der Waals surface area contributed by atoms with E-state index in [2.05, 4.69) is 10.4 Å². The molecular formula is C14H18ClN5O. The number of nitrogens with two attached hydrogens (primary N) is 1. The second kappa shape index (κ2) is 6.60. The number of carbonyl (C=O) groups is 1. The maximum atomic E-state index is 12.0. The Balaban J connectivity index is 1.89. The Kier molecular flexibility index (Phi) is 4.82. The van der Waals surface area contributed by atoms with Gasteiger partial charge < -0.3 is 11.1 Å². The van der Waals surface area contributed by atoms with Gasteiger partial charge in [0, 0.05) is 30.4 Å². The molecule has 2 aromatic rings. The minimum absolute atomic E-state index is 0.129. The standard InChI is InChI=1S/C14H18ClN5O/c1-19(7-10-6-17-20(2)8-10)9-14(21)18-13-4-3-11(15)5-12(13)16/h3-6,8H,7,9,16H2,1-2H3,(H,18,21). The van der Waals surface area contributed by atoms with E-state index in [-0.39, 0.29) is 12.5 Å². The minimum atomic E-state index is -0.129. The van der Waals surface area contributed by atoms with Gasteiger partial charge in [0.15, 0.2) is 0 Å². The smallest absolute Gasteiger partial charge is 0.238 e. The van der Waals surface area contributed by atoms with Crippen LogP contribution in [0.5, 0.6) is 0 Å². The molecule has 2 rings (SSSR count). The predicted molar refractivity (Wildman–Crippen MR) is 84.0 cm³/mol. The third-order valence-electron chi connectivity index (χ3n) is 2.91. The Bertz CT molecular complexity index is 640. The van der Waals surface area contributed by atoms with Crippen molar-refractivity contribution in [3.8, 4) is 0 Å². The molecule has 0 spiro atoms. The highest BCUT2D eigenvalue weighted by Gasteiger charge is 2.10. The molecule has 0 radical (unpaired) electrons. The van der Waals surface area contributed by atoms with Crippen LogP contribution in [0.1, 0.15) is 5.56 Å². The lowest BCUT2D eigenvalue weighted by Gasteiger charge is -2.16. The van der Waals surface area contributed by atoms with Gasteiger partial charge in [0.1, 0.15) is 0 Å². The molecule has 1 aromatic carbocycles. The number of hydrogen-bond acceptors (Lipinski definition) is 4. The van der Waals surface area contributed by atoms with E-state index in [1.165, 1.54) is 0 Å². The van der Waals surface area contributed by atoms with E-state index >= 15 is 0 Å². The van der Waals surface area contributed by atoms with Crippen LogP contribution in [0.15, 0.2) is 30.6 Å². The first-order chi connectivity index (χ1) is 9.94. The topological polar surface area (TPSA) is 76.2 Å². The minimum Gasteiger partial charge on any atom is -0.397 e. The molecule has 112 valence electrons. The fourth-order valence-corrected chi connectivity index (χ4v) is 2.18. The summed E-state index contributed by atoms with van der Waals surface area (Å²) in [4.78, 5) is 13.9. The molecule has 0 atom stereocenters. The second-order valence-electron chi connectivity index (χ2n) is 4.97. The predicted octanol–water partition coefficient (Wildman–Crippen LogP) is 1.73. The zero-order valence-electron chi connectivity index (χ0n) is 12.0. The monoisotopic (exact) mass is 307 g/mol. The fourth-order valence-electron chi connectivity index (χ4n) is 2.00. The van der Waals surface area contributed by atoms with Gasteiger partial charge in [-0.05, 0) is 25.2 Å². The van der Waals surface area contributed by atoms with Crippen LogP contribution in [-0.2, 0) is 18.4 Å². The molecule has 0 bridgehead atoms. The third-order valence-corrected chi connectivity index (χ3v) is 3.15. The van der Waals surface area contributed by atoms with E-state index < -0.39 is 0 Å². The number of carbonyl (C=O) groups excluding carboxylic acids is 1. The molecular weight excluding hydrogens is 290 g/mol. The van der Waals surface area contributed by atoms with Gasteiger partial charge in [-0.2, -0.15) is 5.10 Å². The number of benzene rings is 1. The molecule has 0 fully saturated rings. The fraction of sp³-hybridized carbons (Fsp3) is 0.286. The Hall–Kier alpha value is -2.05. The van der Waals surface area contributed by atoms with Gasteiger partial charge in [-0.25, -0.2) is 0 Å². The quantitative estimate of drug-likeness (QED) is 0.825. The number of nitrogen functional groups attached to an aromatic ring is 1. The van der Waals surface area contributed by atoms with Crippen LogP contribution in [-0.4, -0.2) is 34.2 Å². The van der Waals surface area contributed by atoms with Crippen LogP contribution in [0.25, 0.3) is 0 Å². The number of nitrogens with one attached hydrogen (secondary N) is 1. The molecule has 1 amide bonds. The Morgan fingerprint density at radius 1 is 1.52 bits per heavy atom.